The molecular weight excluding hydrogens is 274 g/mol. The van der Waals surface area contributed by atoms with Gasteiger partial charge in [0.25, 0.3) is 0 Å². The van der Waals surface area contributed by atoms with E-state index >= 15 is 0 Å². The Morgan fingerprint density at radius 3 is 2.61 bits per heavy atom. The van der Waals surface area contributed by atoms with E-state index < -0.39 is 18.4 Å². The van der Waals surface area contributed by atoms with Crippen LogP contribution < -0.4 is 0 Å². The minimum absolute atomic E-state index is 0.0418. The van der Waals surface area contributed by atoms with Crippen LogP contribution in [-0.4, -0.2) is 6.18 Å². The van der Waals surface area contributed by atoms with Crippen LogP contribution in [0.25, 0.3) is 16.1 Å². The average Bonchev–Trinajstić information content (AvgIpc) is 2.24. The number of hydrogen-bond acceptors (Lipinski definition) is 1. The highest BCUT2D eigenvalue weighted by molar-refractivity contribution is 6.32. The molecule has 18 heavy (non-hydrogen) atoms. The van der Waals surface area contributed by atoms with Crippen molar-refractivity contribution in [2.45, 2.75) is 12.6 Å². The van der Waals surface area contributed by atoms with Gasteiger partial charge in [0.1, 0.15) is 5.82 Å². The van der Waals surface area contributed by atoms with Crippen molar-refractivity contribution in [3.05, 3.63) is 51.1 Å². The molecule has 0 saturated heterocycles. The molecule has 1 aromatic rings. The van der Waals surface area contributed by atoms with E-state index in [0.717, 1.165) is 18.2 Å². The van der Waals surface area contributed by atoms with Crippen molar-refractivity contribution < 1.29 is 17.6 Å². The zero-order valence-corrected chi connectivity index (χ0v) is 9.50. The summed E-state index contributed by atoms with van der Waals surface area (Å²) in [5.74, 6) is -0.639. The summed E-state index contributed by atoms with van der Waals surface area (Å²) in [5, 5.41) is 2.99. The van der Waals surface area contributed by atoms with E-state index in [-0.39, 0.29) is 16.3 Å². The lowest BCUT2D eigenvalue weighted by molar-refractivity contribution is -0.124. The zero-order valence-electron chi connectivity index (χ0n) is 8.75. The summed E-state index contributed by atoms with van der Waals surface area (Å²) >= 11 is 5.66. The Kier molecular flexibility index (Phi) is 4.58. The molecule has 0 fully saturated rings. The van der Waals surface area contributed by atoms with Gasteiger partial charge in [0.15, 0.2) is 0 Å². The Labute approximate surface area is 104 Å². The maximum absolute atomic E-state index is 12.8. The van der Waals surface area contributed by atoms with Crippen LogP contribution in [0, 0.1) is 5.82 Å². The van der Waals surface area contributed by atoms with Crippen LogP contribution in [0.15, 0.2) is 29.4 Å². The van der Waals surface area contributed by atoms with E-state index in [1.807, 2.05) is 0 Å². The van der Waals surface area contributed by atoms with E-state index in [1.165, 1.54) is 0 Å². The van der Waals surface area contributed by atoms with Crippen LogP contribution in [-0.2, 0) is 0 Å². The van der Waals surface area contributed by atoms with Gasteiger partial charge >= 0.3 is 6.18 Å². The van der Waals surface area contributed by atoms with Gasteiger partial charge in [-0.1, -0.05) is 28.9 Å². The number of hydrogen-bond donors (Lipinski definition) is 0. The molecule has 3 nitrogen and oxygen atoms in total. The third-order valence-corrected chi connectivity index (χ3v) is 2.20. The molecule has 1 rings (SSSR count). The molecule has 0 aliphatic heterocycles. The van der Waals surface area contributed by atoms with Crippen molar-refractivity contribution in [1.29, 1.82) is 0 Å². The predicted octanol–water partition coefficient (Wildman–Crippen LogP) is 5.08. The predicted molar refractivity (Wildman–Crippen MR) is 59.2 cm³/mol. The second-order valence-electron chi connectivity index (χ2n) is 3.22. The fourth-order valence-electron chi connectivity index (χ4n) is 1.16. The largest absolute Gasteiger partial charge is 0.392 e. The first kappa shape index (κ1) is 14.3. The second-order valence-corrected chi connectivity index (χ2v) is 3.63. The number of rotatable bonds is 3. The second kappa shape index (κ2) is 5.75. The Bertz CT molecular complexity index is 518. The third kappa shape index (κ3) is 4.27. The van der Waals surface area contributed by atoms with E-state index in [0.29, 0.717) is 6.08 Å². The molecule has 0 aliphatic rings. The molecule has 8 heteroatoms. The minimum atomic E-state index is -4.43. The first-order chi connectivity index (χ1) is 8.33. The lowest BCUT2D eigenvalue weighted by Crippen LogP contribution is -2.04. The minimum Gasteiger partial charge on any atom is -0.207 e. The van der Waals surface area contributed by atoms with Gasteiger partial charge in [-0.3, -0.25) is 0 Å². The summed E-state index contributed by atoms with van der Waals surface area (Å²) in [6, 6.07) is 3.08. The highest BCUT2D eigenvalue weighted by atomic mass is 35.5. The van der Waals surface area contributed by atoms with Gasteiger partial charge in [-0.05, 0) is 17.7 Å². The van der Waals surface area contributed by atoms with E-state index in [9.17, 15) is 17.6 Å². The fourth-order valence-corrected chi connectivity index (χ4v) is 1.43. The van der Waals surface area contributed by atoms with Gasteiger partial charge in [-0.25, -0.2) is 4.39 Å². The smallest absolute Gasteiger partial charge is 0.207 e. The highest BCUT2D eigenvalue weighted by Gasteiger charge is 2.25. The van der Waals surface area contributed by atoms with Gasteiger partial charge in [-0.2, -0.15) is 13.2 Å². The zero-order chi connectivity index (χ0) is 13.8. The standard InChI is InChI=1S/C10H6ClF4N3/c11-8-5-6(12)1-2-7(8)9(17-18-16)3-4-10(13,14)15/h1-3,5H,4H2. The van der Waals surface area contributed by atoms with E-state index in [1.54, 1.807) is 0 Å². The normalized spacial score (nSPS) is 12.2. The molecule has 0 bridgehead atoms. The first-order valence-electron chi connectivity index (χ1n) is 4.61. The molecule has 96 valence electrons. The summed E-state index contributed by atoms with van der Waals surface area (Å²) < 4.78 is 49.0. The quantitative estimate of drug-likeness (QED) is 0.320. The van der Waals surface area contributed by atoms with Crippen LogP contribution in [0.4, 0.5) is 17.6 Å². The molecule has 0 aliphatic carbocycles. The van der Waals surface area contributed by atoms with Gasteiger partial charge in [-0.15, -0.1) is 0 Å². The molecular formula is C10H6ClF4N3. The van der Waals surface area contributed by atoms with Crippen molar-refractivity contribution in [1.82, 2.24) is 0 Å². The van der Waals surface area contributed by atoms with Crippen LogP contribution in [0.5, 0.6) is 0 Å². The first-order valence-corrected chi connectivity index (χ1v) is 4.98. The number of halogens is 5. The van der Waals surface area contributed by atoms with Gasteiger partial charge in [0.2, 0.25) is 0 Å². The van der Waals surface area contributed by atoms with E-state index in [2.05, 4.69) is 10.0 Å². The molecule has 0 N–H and O–H groups in total. The summed E-state index contributed by atoms with van der Waals surface area (Å²) in [6.45, 7) is 0. The average molecular weight is 280 g/mol. The maximum atomic E-state index is 12.8. The molecule has 0 atom stereocenters. The Hall–Kier alpha value is -1.72. The number of benzene rings is 1. The molecule has 0 radical (unpaired) electrons. The molecule has 0 heterocycles. The SMILES string of the molecule is [N-]=[N+]=NC(=CCC(F)(F)F)c1ccc(F)cc1Cl. The van der Waals surface area contributed by atoms with Gasteiger partial charge in [0, 0.05) is 16.2 Å². The number of azide groups is 1. The van der Waals surface area contributed by atoms with Crippen LogP contribution in [0.2, 0.25) is 5.02 Å². The van der Waals surface area contributed by atoms with Crippen molar-refractivity contribution >= 4 is 17.3 Å². The van der Waals surface area contributed by atoms with Crippen molar-refractivity contribution in [3.8, 4) is 0 Å². The summed E-state index contributed by atoms with van der Waals surface area (Å²) in [4.78, 5) is 2.41. The Morgan fingerprint density at radius 2 is 2.11 bits per heavy atom. The summed E-state index contributed by atoms with van der Waals surface area (Å²) in [7, 11) is 0. The maximum Gasteiger partial charge on any atom is 0.392 e. The fraction of sp³-hybridized carbons (Fsp3) is 0.200. The third-order valence-electron chi connectivity index (χ3n) is 1.89. The topological polar surface area (TPSA) is 48.8 Å². The number of nitrogens with zero attached hydrogens (tertiary/aromatic N) is 3. The van der Waals surface area contributed by atoms with Gasteiger partial charge < -0.3 is 0 Å². The highest BCUT2D eigenvalue weighted by Crippen LogP contribution is 2.29. The molecule has 0 amide bonds. The van der Waals surface area contributed by atoms with Gasteiger partial charge in [0.05, 0.1) is 11.4 Å². The molecule has 0 aromatic heterocycles. The van der Waals surface area contributed by atoms with Crippen molar-refractivity contribution in [3.63, 3.8) is 0 Å². The molecule has 0 spiro atoms. The van der Waals surface area contributed by atoms with E-state index in [4.69, 9.17) is 17.1 Å². The van der Waals surface area contributed by atoms with Crippen molar-refractivity contribution in [2.24, 2.45) is 5.11 Å². The number of allylic oxidation sites excluding steroid dienone is 1. The lowest BCUT2D eigenvalue weighted by Gasteiger charge is -2.06. The molecule has 0 unspecified atom stereocenters. The number of alkyl halides is 3. The van der Waals surface area contributed by atoms with Crippen LogP contribution in [0.1, 0.15) is 12.0 Å². The van der Waals surface area contributed by atoms with Crippen LogP contribution >= 0.6 is 11.6 Å². The van der Waals surface area contributed by atoms with Crippen LogP contribution in [0.3, 0.4) is 0 Å². The Morgan fingerprint density at radius 1 is 1.44 bits per heavy atom. The summed E-state index contributed by atoms with van der Waals surface area (Å²) in [6.07, 6.45) is -5.00. The Balaban J connectivity index is 3.16. The lowest BCUT2D eigenvalue weighted by atomic mass is 10.1. The monoisotopic (exact) mass is 279 g/mol. The molecule has 0 saturated carbocycles. The molecule has 1 aromatic carbocycles. The van der Waals surface area contributed by atoms with Crippen molar-refractivity contribution in [2.75, 3.05) is 0 Å². The summed E-state index contributed by atoms with van der Waals surface area (Å²) in [5.41, 5.74) is 8.04.